The van der Waals surface area contributed by atoms with Crippen molar-refractivity contribution in [2.24, 2.45) is 0 Å². The van der Waals surface area contributed by atoms with Crippen LogP contribution < -0.4 is 9.26 Å². The Kier molecular flexibility index (Phi) is 5.61. The molecule has 1 rings (SSSR count). The minimum Gasteiger partial charge on any atom is -0.493 e. The highest BCUT2D eigenvalue weighted by molar-refractivity contribution is 8.10. The van der Waals surface area contributed by atoms with E-state index in [-0.39, 0.29) is 0 Å². The van der Waals surface area contributed by atoms with Gasteiger partial charge in [0.1, 0.15) is 6.07 Å². The number of para-hydroxylation sites is 1. The molecule has 1 aromatic rings. The molecule has 0 aliphatic rings. The number of rotatable bonds is 6. The third-order valence-corrected chi connectivity index (χ3v) is 5.46. The van der Waals surface area contributed by atoms with Gasteiger partial charge in [0.2, 0.25) is 6.49 Å². The average molecular weight is 285 g/mol. The minimum absolute atomic E-state index is 0.376. The molecule has 1 atom stereocenters. The quantitative estimate of drug-likeness (QED) is 0.750. The predicted molar refractivity (Wildman–Crippen MR) is 74.8 cm³/mol. The second-order valence-corrected chi connectivity index (χ2v) is 7.35. The molecule has 0 aromatic heterocycles. The van der Waals surface area contributed by atoms with Gasteiger partial charge in [0, 0.05) is 6.16 Å². The SMILES string of the molecule is CCOP(=S)(CC)Oc1c(C#N)cccc1OC. The van der Waals surface area contributed by atoms with Gasteiger partial charge in [0.15, 0.2) is 11.5 Å². The van der Waals surface area contributed by atoms with E-state index >= 15 is 0 Å². The molecular formula is C12H16NO3PS. The monoisotopic (exact) mass is 285 g/mol. The van der Waals surface area contributed by atoms with Crippen molar-refractivity contribution in [1.29, 1.82) is 5.26 Å². The summed E-state index contributed by atoms with van der Waals surface area (Å²) >= 11 is 5.40. The standard InChI is InChI=1S/C12H16NO3PS/c1-4-15-17(18,5-2)16-12-10(9-13)7-6-8-11(12)14-3/h6-8H,4-5H2,1-3H3. The molecule has 1 aromatic carbocycles. The molecule has 0 spiro atoms. The average Bonchev–Trinajstić information content (AvgIpc) is 2.39. The van der Waals surface area contributed by atoms with Crippen LogP contribution in [0.5, 0.6) is 11.5 Å². The van der Waals surface area contributed by atoms with Gasteiger partial charge in [0.05, 0.1) is 19.3 Å². The Morgan fingerprint density at radius 2 is 2.11 bits per heavy atom. The number of methoxy groups -OCH3 is 1. The Bertz CT molecular complexity index is 499. The molecule has 0 heterocycles. The van der Waals surface area contributed by atoms with Gasteiger partial charge in [-0.15, -0.1) is 0 Å². The molecule has 0 amide bonds. The number of benzene rings is 1. The molecule has 6 heteroatoms. The lowest BCUT2D eigenvalue weighted by molar-refractivity contribution is 0.324. The number of hydrogen-bond donors (Lipinski definition) is 0. The van der Waals surface area contributed by atoms with Crippen LogP contribution in [0.25, 0.3) is 0 Å². The van der Waals surface area contributed by atoms with Crippen LogP contribution in [0.1, 0.15) is 19.4 Å². The van der Waals surface area contributed by atoms with E-state index in [0.29, 0.717) is 29.8 Å². The maximum Gasteiger partial charge on any atom is 0.238 e. The Balaban J connectivity index is 3.17. The number of hydrogen-bond acceptors (Lipinski definition) is 5. The number of nitrogens with zero attached hydrogens (tertiary/aromatic N) is 1. The molecule has 1 unspecified atom stereocenters. The Morgan fingerprint density at radius 1 is 1.39 bits per heavy atom. The second kappa shape index (κ2) is 6.75. The van der Waals surface area contributed by atoms with Crippen LogP contribution in [-0.4, -0.2) is 19.9 Å². The summed E-state index contributed by atoms with van der Waals surface area (Å²) in [6.45, 7) is 1.87. The predicted octanol–water partition coefficient (Wildman–Crippen LogP) is 3.31. The fourth-order valence-electron chi connectivity index (χ4n) is 1.38. The van der Waals surface area contributed by atoms with E-state index < -0.39 is 6.49 Å². The van der Waals surface area contributed by atoms with E-state index in [0.717, 1.165) is 0 Å². The molecule has 0 saturated heterocycles. The van der Waals surface area contributed by atoms with Gasteiger partial charge in [-0.05, 0) is 30.9 Å². The normalized spacial score (nSPS) is 13.4. The minimum atomic E-state index is -2.40. The zero-order chi connectivity index (χ0) is 13.6. The van der Waals surface area contributed by atoms with Crippen LogP contribution in [0, 0.1) is 11.3 Å². The van der Waals surface area contributed by atoms with Gasteiger partial charge in [-0.3, -0.25) is 0 Å². The summed E-state index contributed by atoms with van der Waals surface area (Å²) in [5, 5.41) is 9.09. The lowest BCUT2D eigenvalue weighted by atomic mass is 10.2. The van der Waals surface area contributed by atoms with Crippen LogP contribution in [-0.2, 0) is 16.3 Å². The van der Waals surface area contributed by atoms with Crippen LogP contribution >= 0.6 is 6.49 Å². The second-order valence-electron chi connectivity index (χ2n) is 3.38. The van der Waals surface area contributed by atoms with Crippen LogP contribution in [0.4, 0.5) is 0 Å². The lowest BCUT2D eigenvalue weighted by Crippen LogP contribution is -2.02. The Hall–Kier alpha value is -1.08. The van der Waals surface area contributed by atoms with E-state index in [9.17, 15) is 0 Å². The molecule has 0 aliphatic heterocycles. The zero-order valence-corrected chi connectivity index (χ0v) is 12.4. The van der Waals surface area contributed by atoms with Gasteiger partial charge in [-0.2, -0.15) is 5.26 Å². The van der Waals surface area contributed by atoms with E-state index in [1.165, 1.54) is 7.11 Å². The van der Waals surface area contributed by atoms with Crippen molar-refractivity contribution in [3.63, 3.8) is 0 Å². The van der Waals surface area contributed by atoms with Crippen molar-refractivity contribution in [2.45, 2.75) is 13.8 Å². The van der Waals surface area contributed by atoms with E-state index in [4.69, 9.17) is 30.9 Å². The smallest absolute Gasteiger partial charge is 0.238 e. The fraction of sp³-hybridized carbons (Fsp3) is 0.417. The molecule has 4 nitrogen and oxygen atoms in total. The van der Waals surface area contributed by atoms with Crippen molar-refractivity contribution in [3.8, 4) is 17.6 Å². The largest absolute Gasteiger partial charge is 0.493 e. The first-order chi connectivity index (χ1) is 8.60. The van der Waals surface area contributed by atoms with E-state index in [1.807, 2.05) is 13.8 Å². The van der Waals surface area contributed by atoms with Gasteiger partial charge >= 0.3 is 0 Å². The topological polar surface area (TPSA) is 51.5 Å². The third kappa shape index (κ3) is 3.46. The van der Waals surface area contributed by atoms with Gasteiger partial charge in [0.25, 0.3) is 0 Å². The summed E-state index contributed by atoms with van der Waals surface area (Å²) in [4.78, 5) is 0. The van der Waals surface area contributed by atoms with E-state index in [2.05, 4.69) is 6.07 Å². The first kappa shape index (κ1) is 15.0. The Morgan fingerprint density at radius 3 is 2.61 bits per heavy atom. The molecule has 18 heavy (non-hydrogen) atoms. The van der Waals surface area contributed by atoms with Crippen molar-refractivity contribution in [2.75, 3.05) is 19.9 Å². The van der Waals surface area contributed by atoms with Crippen molar-refractivity contribution >= 4 is 18.3 Å². The summed E-state index contributed by atoms with van der Waals surface area (Å²) in [7, 11) is 1.53. The summed E-state index contributed by atoms with van der Waals surface area (Å²) in [5.74, 6) is 0.873. The fourth-order valence-corrected chi connectivity index (χ4v) is 3.14. The molecule has 0 fully saturated rings. The lowest BCUT2D eigenvalue weighted by Gasteiger charge is -2.22. The molecule has 0 N–H and O–H groups in total. The highest BCUT2D eigenvalue weighted by atomic mass is 32.5. The Labute approximate surface area is 113 Å². The molecule has 0 bridgehead atoms. The van der Waals surface area contributed by atoms with Crippen LogP contribution in [0.2, 0.25) is 0 Å². The summed E-state index contributed by atoms with van der Waals surface area (Å²) < 4.78 is 16.5. The van der Waals surface area contributed by atoms with Crippen LogP contribution in [0.3, 0.4) is 0 Å². The summed E-state index contributed by atoms with van der Waals surface area (Å²) in [6, 6.07) is 7.21. The molecule has 0 radical (unpaired) electrons. The zero-order valence-electron chi connectivity index (χ0n) is 10.7. The summed E-state index contributed by atoms with van der Waals surface area (Å²) in [5.41, 5.74) is 0.400. The van der Waals surface area contributed by atoms with Gasteiger partial charge in [-0.25, -0.2) is 0 Å². The summed E-state index contributed by atoms with van der Waals surface area (Å²) in [6.07, 6.45) is 0.596. The molecular weight excluding hydrogens is 269 g/mol. The molecule has 0 aliphatic carbocycles. The molecule has 98 valence electrons. The third-order valence-electron chi connectivity index (χ3n) is 2.26. The van der Waals surface area contributed by atoms with Crippen molar-refractivity contribution in [3.05, 3.63) is 23.8 Å². The maximum absolute atomic E-state index is 9.09. The molecule has 0 saturated carbocycles. The van der Waals surface area contributed by atoms with Gasteiger partial charge in [-0.1, -0.05) is 13.0 Å². The highest BCUT2D eigenvalue weighted by Crippen LogP contribution is 2.51. The first-order valence-corrected chi connectivity index (χ1v) is 8.42. The highest BCUT2D eigenvalue weighted by Gasteiger charge is 2.22. The number of ether oxygens (including phenoxy) is 1. The van der Waals surface area contributed by atoms with Gasteiger partial charge < -0.3 is 13.8 Å². The first-order valence-electron chi connectivity index (χ1n) is 5.60. The van der Waals surface area contributed by atoms with Crippen molar-refractivity contribution in [1.82, 2.24) is 0 Å². The maximum atomic E-state index is 9.09. The number of nitriles is 1. The van der Waals surface area contributed by atoms with E-state index in [1.54, 1.807) is 18.2 Å². The van der Waals surface area contributed by atoms with Crippen LogP contribution in [0.15, 0.2) is 18.2 Å². The van der Waals surface area contributed by atoms with Crippen molar-refractivity contribution < 1.29 is 13.8 Å².